The van der Waals surface area contributed by atoms with Gasteiger partial charge >= 0.3 is 5.97 Å². The average molecular weight is 300 g/mol. The van der Waals surface area contributed by atoms with E-state index in [-0.39, 0.29) is 5.57 Å². The lowest BCUT2D eigenvalue weighted by atomic mass is 10.1. The molecule has 0 aliphatic carbocycles. The number of aliphatic carboxylic acids is 1. The highest BCUT2D eigenvalue weighted by molar-refractivity contribution is 6.32. The molecule has 104 valence electrons. The van der Waals surface area contributed by atoms with Gasteiger partial charge < -0.3 is 9.84 Å². The molecule has 0 unspecified atom stereocenters. The summed E-state index contributed by atoms with van der Waals surface area (Å²) >= 11 is 5.99. The Morgan fingerprint density at radius 2 is 1.86 bits per heavy atom. The largest absolute Gasteiger partial charge is 0.477 e. The number of carboxylic acids is 1. The number of para-hydroxylation sites is 1. The van der Waals surface area contributed by atoms with Crippen molar-refractivity contribution >= 4 is 23.6 Å². The summed E-state index contributed by atoms with van der Waals surface area (Å²) in [6.45, 7) is 0. The molecule has 0 heterocycles. The maximum Gasteiger partial charge on any atom is 0.346 e. The lowest BCUT2D eigenvalue weighted by Gasteiger charge is -2.07. The van der Waals surface area contributed by atoms with Crippen molar-refractivity contribution in [3.05, 3.63) is 64.7 Å². The van der Waals surface area contributed by atoms with Crippen molar-refractivity contribution in [2.24, 2.45) is 0 Å². The SMILES string of the molecule is N#CC(=Cc1ccc(Oc2ccccc2Cl)cc1)C(=O)O. The second kappa shape index (κ2) is 6.60. The van der Waals surface area contributed by atoms with Crippen LogP contribution in [0.25, 0.3) is 6.08 Å². The predicted octanol–water partition coefficient (Wildman–Crippen LogP) is 4.12. The van der Waals surface area contributed by atoms with Crippen molar-refractivity contribution in [3.63, 3.8) is 0 Å². The van der Waals surface area contributed by atoms with Gasteiger partial charge in [0.15, 0.2) is 0 Å². The van der Waals surface area contributed by atoms with Gasteiger partial charge in [-0.1, -0.05) is 35.9 Å². The summed E-state index contributed by atoms with van der Waals surface area (Å²) in [6, 6.07) is 15.4. The summed E-state index contributed by atoms with van der Waals surface area (Å²) < 4.78 is 5.61. The fraction of sp³-hybridized carbons (Fsp3) is 0. The molecule has 0 bridgehead atoms. The monoisotopic (exact) mass is 299 g/mol. The Kier molecular flexibility index (Phi) is 4.60. The molecule has 0 fully saturated rings. The Balaban J connectivity index is 2.19. The topological polar surface area (TPSA) is 70.3 Å². The Morgan fingerprint density at radius 1 is 1.19 bits per heavy atom. The molecule has 0 amide bonds. The lowest BCUT2D eigenvalue weighted by Crippen LogP contribution is -1.97. The van der Waals surface area contributed by atoms with E-state index in [1.807, 2.05) is 6.07 Å². The van der Waals surface area contributed by atoms with E-state index in [0.717, 1.165) is 0 Å². The molecule has 4 nitrogen and oxygen atoms in total. The normalized spacial score (nSPS) is 10.8. The molecule has 0 saturated carbocycles. The maximum absolute atomic E-state index is 10.8. The molecule has 0 aromatic heterocycles. The average Bonchev–Trinajstić information content (AvgIpc) is 2.48. The summed E-state index contributed by atoms with van der Waals surface area (Å²) in [4.78, 5) is 10.8. The van der Waals surface area contributed by atoms with Gasteiger partial charge in [-0.25, -0.2) is 4.79 Å². The van der Waals surface area contributed by atoms with E-state index in [1.54, 1.807) is 48.5 Å². The fourth-order valence-electron chi connectivity index (χ4n) is 1.60. The highest BCUT2D eigenvalue weighted by atomic mass is 35.5. The minimum Gasteiger partial charge on any atom is -0.477 e. The third kappa shape index (κ3) is 3.85. The van der Waals surface area contributed by atoms with E-state index in [4.69, 9.17) is 26.7 Å². The standard InChI is InChI=1S/C16H10ClNO3/c17-14-3-1-2-4-15(14)21-13-7-5-11(6-8-13)9-12(10-18)16(19)20/h1-9H,(H,19,20). The highest BCUT2D eigenvalue weighted by Crippen LogP contribution is 2.28. The van der Waals surface area contributed by atoms with Crippen molar-refractivity contribution in [1.29, 1.82) is 5.26 Å². The molecule has 0 radical (unpaired) electrons. The van der Waals surface area contributed by atoms with Crippen LogP contribution in [0.3, 0.4) is 0 Å². The van der Waals surface area contributed by atoms with Crippen LogP contribution < -0.4 is 4.74 Å². The number of hydrogen-bond donors (Lipinski definition) is 1. The number of carboxylic acid groups (broad SMARTS) is 1. The number of benzene rings is 2. The molecular formula is C16H10ClNO3. The van der Waals surface area contributed by atoms with Gasteiger partial charge in [0.1, 0.15) is 23.1 Å². The summed E-state index contributed by atoms with van der Waals surface area (Å²) in [6.07, 6.45) is 1.29. The number of nitrogens with zero attached hydrogens (tertiary/aromatic N) is 1. The lowest BCUT2D eigenvalue weighted by molar-refractivity contribution is -0.132. The molecule has 21 heavy (non-hydrogen) atoms. The van der Waals surface area contributed by atoms with Gasteiger partial charge in [-0.05, 0) is 35.9 Å². The zero-order chi connectivity index (χ0) is 15.2. The number of hydrogen-bond acceptors (Lipinski definition) is 3. The van der Waals surface area contributed by atoms with Gasteiger partial charge in [-0.3, -0.25) is 0 Å². The molecule has 2 aromatic carbocycles. The van der Waals surface area contributed by atoms with Crippen LogP contribution in [-0.2, 0) is 4.79 Å². The van der Waals surface area contributed by atoms with Crippen LogP contribution >= 0.6 is 11.6 Å². The van der Waals surface area contributed by atoms with Crippen molar-refractivity contribution < 1.29 is 14.6 Å². The van der Waals surface area contributed by atoms with E-state index < -0.39 is 5.97 Å². The highest BCUT2D eigenvalue weighted by Gasteiger charge is 2.06. The van der Waals surface area contributed by atoms with Gasteiger partial charge in [0.05, 0.1) is 5.02 Å². The third-order valence-electron chi connectivity index (χ3n) is 2.61. The molecule has 5 heteroatoms. The second-order valence-electron chi connectivity index (χ2n) is 4.08. The van der Waals surface area contributed by atoms with Crippen LogP contribution in [0.2, 0.25) is 5.02 Å². The molecule has 0 saturated heterocycles. The minimum atomic E-state index is -1.26. The fourth-order valence-corrected chi connectivity index (χ4v) is 1.77. The van der Waals surface area contributed by atoms with Crippen LogP contribution in [0, 0.1) is 11.3 Å². The number of halogens is 1. The molecule has 0 spiro atoms. The van der Waals surface area contributed by atoms with E-state index in [0.29, 0.717) is 22.1 Å². The quantitative estimate of drug-likeness (QED) is 0.681. The van der Waals surface area contributed by atoms with Crippen molar-refractivity contribution in [1.82, 2.24) is 0 Å². The molecular weight excluding hydrogens is 290 g/mol. The van der Waals surface area contributed by atoms with Gasteiger partial charge in [0, 0.05) is 0 Å². The predicted molar refractivity (Wildman–Crippen MR) is 79.2 cm³/mol. The molecule has 0 aliphatic heterocycles. The van der Waals surface area contributed by atoms with Crippen LogP contribution in [0.4, 0.5) is 0 Å². The molecule has 1 N–H and O–H groups in total. The number of ether oxygens (including phenoxy) is 1. The zero-order valence-electron chi connectivity index (χ0n) is 10.8. The first-order valence-electron chi connectivity index (χ1n) is 5.97. The van der Waals surface area contributed by atoms with E-state index >= 15 is 0 Å². The van der Waals surface area contributed by atoms with E-state index in [2.05, 4.69) is 0 Å². The first kappa shape index (κ1) is 14.6. The minimum absolute atomic E-state index is 0.324. The summed E-state index contributed by atoms with van der Waals surface area (Å²) in [5, 5.41) is 18.0. The molecule has 0 aliphatic rings. The van der Waals surface area contributed by atoms with Gasteiger partial charge in [-0.2, -0.15) is 5.26 Å². The zero-order valence-corrected chi connectivity index (χ0v) is 11.5. The molecule has 2 aromatic rings. The van der Waals surface area contributed by atoms with E-state index in [1.165, 1.54) is 6.08 Å². The summed E-state index contributed by atoms with van der Waals surface area (Å²) in [5.41, 5.74) is 0.273. The Bertz CT molecular complexity index is 730. The van der Waals surface area contributed by atoms with Crippen molar-refractivity contribution in [2.45, 2.75) is 0 Å². The van der Waals surface area contributed by atoms with E-state index in [9.17, 15) is 4.79 Å². The van der Waals surface area contributed by atoms with Gasteiger partial charge in [0.25, 0.3) is 0 Å². The number of nitriles is 1. The number of carbonyl (C=O) groups is 1. The van der Waals surface area contributed by atoms with Gasteiger partial charge in [0.2, 0.25) is 0 Å². The first-order chi connectivity index (χ1) is 10.1. The smallest absolute Gasteiger partial charge is 0.346 e. The third-order valence-corrected chi connectivity index (χ3v) is 2.92. The second-order valence-corrected chi connectivity index (χ2v) is 4.48. The van der Waals surface area contributed by atoms with Crippen LogP contribution in [-0.4, -0.2) is 11.1 Å². The van der Waals surface area contributed by atoms with Gasteiger partial charge in [-0.15, -0.1) is 0 Å². The van der Waals surface area contributed by atoms with Crippen LogP contribution in [0.5, 0.6) is 11.5 Å². The maximum atomic E-state index is 10.8. The summed E-state index contributed by atoms with van der Waals surface area (Å²) in [7, 11) is 0. The first-order valence-corrected chi connectivity index (χ1v) is 6.35. The van der Waals surface area contributed by atoms with Crippen molar-refractivity contribution in [2.75, 3.05) is 0 Å². The molecule has 2 rings (SSSR count). The Hall–Kier alpha value is -2.77. The number of rotatable bonds is 4. The van der Waals surface area contributed by atoms with Crippen molar-refractivity contribution in [3.8, 4) is 17.6 Å². The Morgan fingerprint density at radius 3 is 2.43 bits per heavy atom. The summed E-state index contributed by atoms with van der Waals surface area (Å²) in [5.74, 6) is -0.159. The van der Waals surface area contributed by atoms with Crippen LogP contribution in [0.15, 0.2) is 54.1 Å². The molecule has 0 atom stereocenters. The Labute approximate surface area is 126 Å². The van der Waals surface area contributed by atoms with Crippen LogP contribution in [0.1, 0.15) is 5.56 Å².